The molecule has 2 saturated heterocycles. The predicted molar refractivity (Wildman–Crippen MR) is 119 cm³/mol. The molecule has 4 aliphatic rings. The molecule has 0 radical (unpaired) electrons. The molecule has 1 aromatic carbocycles. The van der Waals surface area contributed by atoms with E-state index in [1.807, 2.05) is 0 Å². The lowest BCUT2D eigenvalue weighted by Crippen LogP contribution is -2.50. The van der Waals surface area contributed by atoms with E-state index in [-0.39, 0.29) is 37.1 Å². The van der Waals surface area contributed by atoms with Crippen LogP contribution < -0.4 is 24.8 Å². The number of tetrazole rings is 1. The van der Waals surface area contributed by atoms with Crippen LogP contribution in [0.4, 0.5) is 0 Å². The molecular formula is C21H26N6O5S. The highest BCUT2D eigenvalue weighted by Crippen LogP contribution is 2.38. The maximum absolute atomic E-state index is 6.10. The van der Waals surface area contributed by atoms with Gasteiger partial charge in [0.25, 0.3) is 0 Å². The fraction of sp³-hybridized carbons (Fsp3) is 0.619. The Bertz CT molecular complexity index is 1010. The van der Waals surface area contributed by atoms with Gasteiger partial charge >= 0.3 is 6.01 Å². The number of fused-ring (bicyclic) bond motifs is 2. The van der Waals surface area contributed by atoms with E-state index in [2.05, 4.69) is 26.2 Å². The van der Waals surface area contributed by atoms with Gasteiger partial charge in [0, 0.05) is 12.1 Å². The highest BCUT2D eigenvalue weighted by Gasteiger charge is 2.50. The first-order valence-electron chi connectivity index (χ1n) is 11.4. The zero-order valence-corrected chi connectivity index (χ0v) is 18.8. The van der Waals surface area contributed by atoms with Crippen LogP contribution in [0.1, 0.15) is 38.1 Å². The minimum Gasteiger partial charge on any atom is -0.454 e. The first-order valence-corrected chi connectivity index (χ1v) is 11.8. The van der Waals surface area contributed by atoms with Crippen molar-refractivity contribution < 1.29 is 23.7 Å². The average molecular weight is 475 g/mol. The number of ether oxygens (including phenoxy) is 5. The quantitative estimate of drug-likeness (QED) is 0.617. The molecule has 0 unspecified atom stereocenters. The normalized spacial score (nSPS) is 28.5. The van der Waals surface area contributed by atoms with E-state index in [1.165, 1.54) is 32.1 Å². The molecule has 176 valence electrons. The van der Waals surface area contributed by atoms with Crippen LogP contribution in [0.2, 0.25) is 0 Å². The van der Waals surface area contributed by atoms with Gasteiger partial charge in [0.2, 0.25) is 6.79 Å². The van der Waals surface area contributed by atoms with Crippen LogP contribution in [0.5, 0.6) is 23.3 Å². The number of rotatable bonds is 5. The Morgan fingerprint density at radius 1 is 1.03 bits per heavy atom. The van der Waals surface area contributed by atoms with Crippen LogP contribution in [0.25, 0.3) is 0 Å². The number of hydrogen-bond donors (Lipinski definition) is 2. The predicted octanol–water partition coefficient (Wildman–Crippen LogP) is 1.70. The van der Waals surface area contributed by atoms with Gasteiger partial charge in [-0.05, 0) is 47.6 Å². The van der Waals surface area contributed by atoms with Crippen molar-refractivity contribution in [2.24, 2.45) is 0 Å². The van der Waals surface area contributed by atoms with Gasteiger partial charge in [-0.1, -0.05) is 24.4 Å². The van der Waals surface area contributed by atoms with Gasteiger partial charge in [-0.3, -0.25) is 0 Å². The second-order valence-electron chi connectivity index (χ2n) is 8.75. The molecule has 33 heavy (non-hydrogen) atoms. The minimum absolute atomic E-state index is 0.0294. The van der Waals surface area contributed by atoms with Crippen molar-refractivity contribution in [2.75, 3.05) is 20.0 Å². The summed E-state index contributed by atoms with van der Waals surface area (Å²) < 4.78 is 30.5. The Morgan fingerprint density at radius 2 is 1.88 bits per heavy atom. The first kappa shape index (κ1) is 20.9. The Morgan fingerprint density at radius 3 is 2.79 bits per heavy atom. The summed E-state index contributed by atoms with van der Waals surface area (Å²) in [6.07, 6.45) is 5.80. The van der Waals surface area contributed by atoms with Gasteiger partial charge in [-0.15, -0.1) is 0 Å². The number of nitrogens with one attached hydrogen (secondary N) is 2. The molecule has 12 heteroatoms. The largest absolute Gasteiger partial charge is 0.454 e. The zero-order valence-electron chi connectivity index (χ0n) is 18.0. The van der Waals surface area contributed by atoms with Gasteiger partial charge in [0.1, 0.15) is 24.0 Å². The van der Waals surface area contributed by atoms with Crippen molar-refractivity contribution in [3.63, 3.8) is 0 Å². The monoisotopic (exact) mass is 474 g/mol. The number of nitrogens with zero attached hydrogens (tertiary/aromatic N) is 4. The summed E-state index contributed by atoms with van der Waals surface area (Å²) in [6.45, 7) is 1.11. The lowest BCUT2D eigenvalue weighted by atomic mass is 9.96. The van der Waals surface area contributed by atoms with Crippen LogP contribution >= 0.6 is 12.2 Å². The third kappa shape index (κ3) is 4.18. The highest BCUT2D eigenvalue weighted by molar-refractivity contribution is 7.80. The summed E-state index contributed by atoms with van der Waals surface area (Å²) in [5, 5.41) is 19.5. The molecule has 2 aromatic rings. The first-order chi connectivity index (χ1) is 16.2. The van der Waals surface area contributed by atoms with Crippen molar-refractivity contribution in [3.05, 3.63) is 18.2 Å². The third-order valence-corrected chi connectivity index (χ3v) is 6.85. The van der Waals surface area contributed by atoms with Gasteiger partial charge in [-0.2, -0.15) is 4.68 Å². The number of aromatic nitrogens is 4. The van der Waals surface area contributed by atoms with Crippen LogP contribution in [-0.4, -0.2) is 69.6 Å². The van der Waals surface area contributed by atoms with Gasteiger partial charge in [0.05, 0.1) is 19.3 Å². The fourth-order valence-electron chi connectivity index (χ4n) is 4.96. The summed E-state index contributed by atoms with van der Waals surface area (Å²) in [4.78, 5) is 0. The summed E-state index contributed by atoms with van der Waals surface area (Å²) in [5.41, 5.74) is 0. The van der Waals surface area contributed by atoms with Crippen LogP contribution in [0.15, 0.2) is 18.2 Å². The minimum atomic E-state index is -0.208. The molecule has 3 aliphatic heterocycles. The van der Waals surface area contributed by atoms with Gasteiger partial charge in [-0.25, -0.2) is 0 Å². The molecule has 4 atom stereocenters. The Kier molecular flexibility index (Phi) is 5.64. The molecule has 0 bridgehead atoms. The summed E-state index contributed by atoms with van der Waals surface area (Å²) in [5.74, 6) is 1.86. The van der Waals surface area contributed by atoms with Crippen molar-refractivity contribution >= 4 is 17.3 Å². The maximum Gasteiger partial charge on any atom is 0.341 e. The molecule has 6 rings (SSSR count). The summed E-state index contributed by atoms with van der Waals surface area (Å²) >= 11 is 5.56. The molecule has 1 aromatic heterocycles. The van der Waals surface area contributed by atoms with E-state index in [9.17, 15) is 0 Å². The Hall–Kier alpha value is -2.70. The molecule has 0 spiro atoms. The van der Waals surface area contributed by atoms with Crippen LogP contribution in [0.3, 0.4) is 0 Å². The molecule has 11 nitrogen and oxygen atoms in total. The molecule has 1 aliphatic carbocycles. The Labute approximate surface area is 196 Å². The van der Waals surface area contributed by atoms with Gasteiger partial charge < -0.3 is 34.3 Å². The van der Waals surface area contributed by atoms with E-state index < -0.39 is 0 Å². The number of benzene rings is 1. The van der Waals surface area contributed by atoms with Gasteiger partial charge in [0.15, 0.2) is 16.6 Å². The number of thiocarbonyl (C=S) groups is 1. The second kappa shape index (κ2) is 8.92. The third-order valence-electron chi connectivity index (χ3n) is 6.61. The SMILES string of the molecule is S=C(NC1CCCCC1)N[C@H]1CO[C@H]2[C@H]1OC[C@H]2n1nnnc1Oc1ccc2c(c1)OCO2. The van der Waals surface area contributed by atoms with Crippen LogP contribution in [-0.2, 0) is 9.47 Å². The summed E-state index contributed by atoms with van der Waals surface area (Å²) in [7, 11) is 0. The van der Waals surface area contributed by atoms with Crippen molar-refractivity contribution in [1.29, 1.82) is 0 Å². The molecular weight excluding hydrogens is 448 g/mol. The van der Waals surface area contributed by atoms with Crippen LogP contribution in [0, 0.1) is 0 Å². The zero-order chi connectivity index (χ0) is 22.2. The van der Waals surface area contributed by atoms with Crippen molar-refractivity contribution in [2.45, 2.75) is 62.4 Å². The topological polar surface area (TPSA) is 114 Å². The van der Waals surface area contributed by atoms with E-state index in [1.54, 1.807) is 22.9 Å². The van der Waals surface area contributed by atoms with Crippen molar-refractivity contribution in [3.8, 4) is 23.3 Å². The molecule has 2 N–H and O–H groups in total. The van der Waals surface area contributed by atoms with E-state index in [4.69, 9.17) is 35.9 Å². The lowest BCUT2D eigenvalue weighted by Gasteiger charge is -2.26. The molecule has 1 saturated carbocycles. The average Bonchev–Trinajstić information content (AvgIpc) is 3.60. The van der Waals surface area contributed by atoms with Crippen molar-refractivity contribution in [1.82, 2.24) is 30.8 Å². The Balaban J connectivity index is 1.10. The van der Waals surface area contributed by atoms with E-state index in [0.717, 1.165) is 0 Å². The highest BCUT2D eigenvalue weighted by atomic mass is 32.1. The summed E-state index contributed by atoms with van der Waals surface area (Å²) in [6, 6.07) is 5.80. The standard InChI is InChI=1S/C21H26N6O5S/c33-20(22-12-4-2-1-3-5-12)23-14-9-28-19-15(10-29-18(14)19)27-21(24-25-26-27)32-13-6-7-16-17(8-13)31-11-30-16/h6-8,12,14-15,18-19H,1-5,9-11H2,(H2,22,23,33)/t14-,15+,18-,19+/m0/s1. The molecule has 4 heterocycles. The second-order valence-corrected chi connectivity index (χ2v) is 9.15. The number of hydrogen-bond acceptors (Lipinski definition) is 9. The lowest BCUT2D eigenvalue weighted by molar-refractivity contribution is 0.0614. The maximum atomic E-state index is 6.10. The smallest absolute Gasteiger partial charge is 0.341 e. The molecule has 0 amide bonds. The molecule has 3 fully saturated rings. The van der Waals surface area contributed by atoms with E-state index >= 15 is 0 Å². The fourth-order valence-corrected chi connectivity index (χ4v) is 5.28. The van der Waals surface area contributed by atoms with E-state index in [0.29, 0.717) is 41.6 Å².